The fourth-order valence-corrected chi connectivity index (χ4v) is 2.24. The lowest BCUT2D eigenvalue weighted by atomic mass is 10.4. The minimum Gasteiger partial charge on any atom is -0.480 e. The van der Waals surface area contributed by atoms with Gasteiger partial charge in [0.2, 0.25) is 10.0 Å². The quantitative estimate of drug-likeness (QED) is 0.723. The number of benzene rings is 1. The van der Waals surface area contributed by atoms with Crippen LogP contribution < -0.4 is 4.72 Å². The van der Waals surface area contributed by atoms with E-state index in [1.807, 2.05) is 0 Å². The molecule has 2 N–H and O–H groups in total. The first-order valence-corrected chi connectivity index (χ1v) is 6.83. The first kappa shape index (κ1) is 14.9. The Labute approximate surface area is 110 Å². The highest BCUT2D eigenvalue weighted by molar-refractivity contribution is 7.89. The number of carboxylic acid groups (broad SMARTS) is 1. The average molecular weight is 294 g/mol. The summed E-state index contributed by atoms with van der Waals surface area (Å²) in [5.74, 6) is -1.10. The van der Waals surface area contributed by atoms with Crippen LogP contribution in [-0.4, -0.2) is 39.3 Å². The molecule has 0 atom stereocenters. The fourth-order valence-electron chi connectivity index (χ4n) is 1.10. The van der Waals surface area contributed by atoms with Crippen LogP contribution in [0.15, 0.2) is 29.2 Å². The monoisotopic (exact) mass is 293 g/mol. The number of carbonyl (C=O) groups is 1. The van der Waals surface area contributed by atoms with Crippen molar-refractivity contribution in [3.05, 3.63) is 29.3 Å². The smallest absolute Gasteiger partial charge is 0.329 e. The lowest BCUT2D eigenvalue weighted by molar-refractivity contribution is -0.142. The third-order valence-electron chi connectivity index (χ3n) is 1.89. The molecule has 0 aliphatic rings. The standard InChI is InChI=1S/C10H12ClNO5S/c11-8-1-3-9(4-2-8)18(15,16)12-5-6-17-7-10(13)14/h1-4,12H,5-7H2,(H,13,14). The second kappa shape index (κ2) is 6.69. The van der Waals surface area contributed by atoms with Gasteiger partial charge in [-0.2, -0.15) is 0 Å². The second-order valence-corrected chi connectivity index (χ2v) is 5.50. The van der Waals surface area contributed by atoms with E-state index in [0.717, 1.165) is 0 Å². The van der Waals surface area contributed by atoms with Crippen molar-refractivity contribution >= 4 is 27.6 Å². The Balaban J connectivity index is 2.45. The zero-order valence-corrected chi connectivity index (χ0v) is 10.9. The largest absolute Gasteiger partial charge is 0.480 e. The Morgan fingerprint density at radius 2 is 1.94 bits per heavy atom. The van der Waals surface area contributed by atoms with Gasteiger partial charge in [0.1, 0.15) is 6.61 Å². The molecule has 0 saturated heterocycles. The molecule has 0 aliphatic carbocycles. The van der Waals surface area contributed by atoms with Crippen molar-refractivity contribution in [1.29, 1.82) is 0 Å². The Morgan fingerprint density at radius 3 is 2.50 bits per heavy atom. The van der Waals surface area contributed by atoms with E-state index in [2.05, 4.69) is 4.72 Å². The van der Waals surface area contributed by atoms with Crippen LogP contribution in [0.2, 0.25) is 5.02 Å². The second-order valence-electron chi connectivity index (χ2n) is 3.30. The van der Waals surface area contributed by atoms with Crippen molar-refractivity contribution in [3.63, 3.8) is 0 Å². The molecule has 0 saturated carbocycles. The average Bonchev–Trinajstić information content (AvgIpc) is 2.28. The van der Waals surface area contributed by atoms with Crippen LogP contribution >= 0.6 is 11.6 Å². The summed E-state index contributed by atoms with van der Waals surface area (Å²) in [5.41, 5.74) is 0. The third kappa shape index (κ3) is 5.01. The van der Waals surface area contributed by atoms with Crippen molar-refractivity contribution in [2.24, 2.45) is 0 Å². The molecule has 0 fully saturated rings. The van der Waals surface area contributed by atoms with E-state index in [1.54, 1.807) is 0 Å². The van der Waals surface area contributed by atoms with Crippen molar-refractivity contribution in [2.75, 3.05) is 19.8 Å². The van der Waals surface area contributed by atoms with Crippen LogP contribution in [0.3, 0.4) is 0 Å². The molecular formula is C10H12ClNO5S. The number of halogens is 1. The summed E-state index contributed by atoms with van der Waals surface area (Å²) in [6, 6.07) is 5.69. The van der Waals surface area contributed by atoms with Crippen molar-refractivity contribution in [3.8, 4) is 0 Å². The highest BCUT2D eigenvalue weighted by Gasteiger charge is 2.12. The van der Waals surface area contributed by atoms with Gasteiger partial charge in [0.25, 0.3) is 0 Å². The molecular weight excluding hydrogens is 282 g/mol. The van der Waals surface area contributed by atoms with Crippen LogP contribution in [-0.2, 0) is 19.6 Å². The van der Waals surface area contributed by atoms with E-state index in [0.29, 0.717) is 5.02 Å². The molecule has 1 aromatic rings. The van der Waals surface area contributed by atoms with Gasteiger partial charge in [-0.15, -0.1) is 0 Å². The lowest BCUT2D eigenvalue weighted by Crippen LogP contribution is -2.28. The molecule has 100 valence electrons. The van der Waals surface area contributed by atoms with Crippen LogP contribution in [0.5, 0.6) is 0 Å². The number of hydrogen-bond donors (Lipinski definition) is 2. The maximum absolute atomic E-state index is 11.7. The molecule has 0 amide bonds. The molecule has 0 spiro atoms. The van der Waals surface area contributed by atoms with E-state index < -0.39 is 22.6 Å². The van der Waals surface area contributed by atoms with Crippen molar-refractivity contribution < 1.29 is 23.1 Å². The molecule has 0 radical (unpaired) electrons. The van der Waals surface area contributed by atoms with E-state index in [1.165, 1.54) is 24.3 Å². The number of nitrogens with one attached hydrogen (secondary N) is 1. The van der Waals surface area contributed by atoms with Gasteiger partial charge in [-0.3, -0.25) is 0 Å². The first-order valence-electron chi connectivity index (χ1n) is 4.96. The molecule has 0 aliphatic heterocycles. The van der Waals surface area contributed by atoms with Gasteiger partial charge in [0.05, 0.1) is 11.5 Å². The molecule has 6 nitrogen and oxygen atoms in total. The molecule has 0 aromatic heterocycles. The summed E-state index contributed by atoms with van der Waals surface area (Å²) < 4.78 is 30.4. The molecule has 1 rings (SSSR count). The van der Waals surface area contributed by atoms with Gasteiger partial charge in [0, 0.05) is 11.6 Å². The maximum atomic E-state index is 11.7. The van der Waals surface area contributed by atoms with Gasteiger partial charge in [-0.05, 0) is 24.3 Å². The number of rotatable bonds is 7. The Kier molecular flexibility index (Phi) is 5.54. The summed E-state index contributed by atoms with van der Waals surface area (Å²) >= 11 is 5.65. The Bertz CT molecular complexity index is 500. The number of carboxylic acids is 1. The zero-order chi connectivity index (χ0) is 13.6. The van der Waals surface area contributed by atoms with E-state index in [4.69, 9.17) is 21.4 Å². The fraction of sp³-hybridized carbons (Fsp3) is 0.300. The van der Waals surface area contributed by atoms with Crippen molar-refractivity contribution in [1.82, 2.24) is 4.72 Å². The van der Waals surface area contributed by atoms with Crippen LogP contribution in [0.4, 0.5) is 0 Å². The summed E-state index contributed by atoms with van der Waals surface area (Å²) in [6.07, 6.45) is 0. The third-order valence-corrected chi connectivity index (χ3v) is 3.62. The van der Waals surface area contributed by atoms with Gasteiger partial charge in [-0.25, -0.2) is 17.9 Å². The summed E-state index contributed by atoms with van der Waals surface area (Å²) in [4.78, 5) is 10.2. The first-order chi connectivity index (χ1) is 8.42. The van der Waals surface area contributed by atoms with Crippen LogP contribution in [0.25, 0.3) is 0 Å². The minimum atomic E-state index is -3.61. The highest BCUT2D eigenvalue weighted by atomic mass is 35.5. The summed E-state index contributed by atoms with van der Waals surface area (Å²) in [7, 11) is -3.61. The van der Waals surface area contributed by atoms with Gasteiger partial charge in [-0.1, -0.05) is 11.6 Å². The molecule has 1 aromatic carbocycles. The molecule has 0 bridgehead atoms. The molecule has 8 heteroatoms. The summed E-state index contributed by atoms with van der Waals surface area (Å²) in [5, 5.41) is 8.74. The van der Waals surface area contributed by atoms with Gasteiger partial charge >= 0.3 is 5.97 Å². The van der Waals surface area contributed by atoms with E-state index in [-0.39, 0.29) is 18.0 Å². The maximum Gasteiger partial charge on any atom is 0.329 e. The Morgan fingerprint density at radius 1 is 1.33 bits per heavy atom. The van der Waals surface area contributed by atoms with E-state index >= 15 is 0 Å². The summed E-state index contributed by atoms with van der Waals surface area (Å²) in [6.45, 7) is -0.472. The Hall–Kier alpha value is -1.15. The number of hydrogen-bond acceptors (Lipinski definition) is 4. The predicted molar refractivity (Wildman–Crippen MR) is 65.1 cm³/mol. The number of sulfonamides is 1. The lowest BCUT2D eigenvalue weighted by Gasteiger charge is -2.06. The number of aliphatic carboxylic acids is 1. The minimum absolute atomic E-state index is 0.00175. The zero-order valence-electron chi connectivity index (χ0n) is 9.30. The SMILES string of the molecule is O=C(O)COCCNS(=O)(=O)c1ccc(Cl)cc1. The highest BCUT2D eigenvalue weighted by Crippen LogP contribution is 2.13. The molecule has 18 heavy (non-hydrogen) atoms. The van der Waals surface area contributed by atoms with Crippen LogP contribution in [0.1, 0.15) is 0 Å². The van der Waals surface area contributed by atoms with Crippen molar-refractivity contribution in [2.45, 2.75) is 4.90 Å². The van der Waals surface area contributed by atoms with Gasteiger partial charge < -0.3 is 9.84 Å². The topological polar surface area (TPSA) is 92.7 Å². The molecule has 0 unspecified atom stereocenters. The van der Waals surface area contributed by atoms with E-state index in [9.17, 15) is 13.2 Å². The van der Waals surface area contributed by atoms with Crippen LogP contribution in [0, 0.1) is 0 Å². The number of ether oxygens (including phenoxy) is 1. The molecule has 0 heterocycles. The predicted octanol–water partition coefficient (Wildman–Crippen LogP) is 0.720. The van der Waals surface area contributed by atoms with Gasteiger partial charge in [0.15, 0.2) is 0 Å². The normalized spacial score (nSPS) is 11.4.